The number of benzene rings is 3. The summed E-state index contributed by atoms with van der Waals surface area (Å²) in [6.07, 6.45) is 2.66. The molecule has 4 aromatic rings. The average molecular weight is 398 g/mol. The van der Waals surface area contributed by atoms with Crippen LogP contribution in [-0.4, -0.2) is 22.0 Å². The monoisotopic (exact) mass is 397 g/mol. The van der Waals surface area contributed by atoms with Gasteiger partial charge >= 0.3 is 0 Å². The molecule has 0 aliphatic carbocycles. The zero-order valence-corrected chi connectivity index (χ0v) is 17.3. The second-order valence-corrected chi connectivity index (χ2v) is 7.63. The molecule has 3 aromatic carbocycles. The van der Waals surface area contributed by atoms with Crippen molar-refractivity contribution in [1.82, 2.24) is 14.9 Å². The minimum atomic E-state index is -0.0208. The number of imidazole rings is 1. The van der Waals surface area contributed by atoms with Gasteiger partial charge in [-0.3, -0.25) is 4.79 Å². The van der Waals surface area contributed by atoms with E-state index >= 15 is 0 Å². The van der Waals surface area contributed by atoms with Crippen LogP contribution in [0.4, 0.5) is 0 Å². The number of amides is 1. The summed E-state index contributed by atoms with van der Waals surface area (Å²) in [7, 11) is 0. The lowest BCUT2D eigenvalue weighted by atomic mass is 10.1. The van der Waals surface area contributed by atoms with E-state index in [0.717, 1.165) is 42.7 Å². The van der Waals surface area contributed by atoms with Gasteiger partial charge in [-0.1, -0.05) is 60.2 Å². The van der Waals surface area contributed by atoms with Gasteiger partial charge in [0.15, 0.2) is 0 Å². The molecule has 0 bridgehead atoms. The van der Waals surface area contributed by atoms with Crippen LogP contribution >= 0.6 is 0 Å². The largest absolute Gasteiger partial charge is 0.352 e. The highest BCUT2D eigenvalue weighted by molar-refractivity contribution is 5.94. The molecule has 1 heterocycles. The van der Waals surface area contributed by atoms with Gasteiger partial charge in [0.2, 0.25) is 0 Å². The van der Waals surface area contributed by atoms with Crippen LogP contribution in [0.2, 0.25) is 0 Å². The normalized spacial score (nSPS) is 11.0. The van der Waals surface area contributed by atoms with Gasteiger partial charge in [0, 0.05) is 25.1 Å². The number of fused-ring (bicyclic) bond motifs is 1. The Labute approximate surface area is 177 Å². The number of aryl methyl sites for hydroxylation is 4. The number of rotatable bonds is 8. The summed E-state index contributed by atoms with van der Waals surface area (Å²) in [4.78, 5) is 17.2. The van der Waals surface area contributed by atoms with Gasteiger partial charge in [-0.05, 0) is 49.6 Å². The Kier molecular flexibility index (Phi) is 6.23. The third-order valence-electron chi connectivity index (χ3n) is 5.38. The van der Waals surface area contributed by atoms with Gasteiger partial charge in [0.25, 0.3) is 5.91 Å². The number of carbonyl (C=O) groups excluding carboxylic acids is 1. The maximum atomic E-state index is 12.3. The highest BCUT2D eigenvalue weighted by Crippen LogP contribution is 2.18. The minimum absolute atomic E-state index is 0.0208. The topological polar surface area (TPSA) is 46.9 Å². The molecule has 0 unspecified atom stereocenters. The van der Waals surface area contributed by atoms with Crippen molar-refractivity contribution < 1.29 is 4.79 Å². The van der Waals surface area contributed by atoms with Crippen molar-refractivity contribution in [3.05, 3.63) is 101 Å². The van der Waals surface area contributed by atoms with E-state index in [0.29, 0.717) is 12.1 Å². The Morgan fingerprint density at radius 3 is 2.43 bits per heavy atom. The fraction of sp³-hybridized carbons (Fsp3) is 0.231. The lowest BCUT2D eigenvalue weighted by Gasteiger charge is -2.10. The van der Waals surface area contributed by atoms with Crippen molar-refractivity contribution in [1.29, 1.82) is 0 Å². The summed E-state index contributed by atoms with van der Waals surface area (Å²) < 4.78 is 2.32. The molecule has 4 nitrogen and oxygen atoms in total. The summed E-state index contributed by atoms with van der Waals surface area (Å²) >= 11 is 0. The minimum Gasteiger partial charge on any atom is -0.352 e. The third-order valence-corrected chi connectivity index (χ3v) is 5.38. The highest BCUT2D eigenvalue weighted by Gasteiger charge is 2.11. The molecule has 1 aromatic heterocycles. The van der Waals surface area contributed by atoms with Gasteiger partial charge in [0.1, 0.15) is 5.82 Å². The second-order valence-electron chi connectivity index (χ2n) is 7.63. The number of carbonyl (C=O) groups is 1. The summed E-state index contributed by atoms with van der Waals surface area (Å²) in [5.41, 5.74) is 5.39. The molecule has 1 amide bonds. The van der Waals surface area contributed by atoms with E-state index in [2.05, 4.69) is 52.3 Å². The van der Waals surface area contributed by atoms with Crippen LogP contribution in [0.5, 0.6) is 0 Å². The first-order valence-electron chi connectivity index (χ1n) is 10.5. The van der Waals surface area contributed by atoms with Gasteiger partial charge in [-0.15, -0.1) is 0 Å². The quantitative estimate of drug-likeness (QED) is 0.428. The Morgan fingerprint density at radius 2 is 1.63 bits per heavy atom. The molecule has 0 saturated heterocycles. The predicted molar refractivity (Wildman–Crippen MR) is 122 cm³/mol. The van der Waals surface area contributed by atoms with E-state index < -0.39 is 0 Å². The van der Waals surface area contributed by atoms with Crippen molar-refractivity contribution >= 4 is 16.9 Å². The maximum Gasteiger partial charge on any atom is 0.251 e. The number of nitrogens with zero attached hydrogens (tertiary/aromatic N) is 2. The van der Waals surface area contributed by atoms with Gasteiger partial charge in [0.05, 0.1) is 11.0 Å². The maximum absolute atomic E-state index is 12.3. The molecule has 30 heavy (non-hydrogen) atoms. The van der Waals surface area contributed by atoms with Crippen LogP contribution in [-0.2, 0) is 19.4 Å². The van der Waals surface area contributed by atoms with Gasteiger partial charge in [-0.2, -0.15) is 0 Å². The van der Waals surface area contributed by atoms with Gasteiger partial charge < -0.3 is 9.88 Å². The van der Waals surface area contributed by atoms with E-state index in [1.165, 1.54) is 11.1 Å². The fourth-order valence-electron chi connectivity index (χ4n) is 3.71. The molecule has 4 heteroatoms. The van der Waals surface area contributed by atoms with Crippen LogP contribution < -0.4 is 5.32 Å². The van der Waals surface area contributed by atoms with E-state index in [1.807, 2.05) is 43.3 Å². The molecule has 1 N–H and O–H groups in total. The van der Waals surface area contributed by atoms with Crippen molar-refractivity contribution in [2.75, 3.05) is 6.54 Å². The van der Waals surface area contributed by atoms with Crippen LogP contribution in [0.1, 0.15) is 33.7 Å². The fourth-order valence-corrected chi connectivity index (χ4v) is 3.71. The van der Waals surface area contributed by atoms with Crippen LogP contribution in [0.25, 0.3) is 11.0 Å². The first-order chi connectivity index (χ1) is 14.7. The molecule has 0 radical (unpaired) electrons. The zero-order valence-electron chi connectivity index (χ0n) is 17.3. The van der Waals surface area contributed by atoms with Crippen LogP contribution in [0.15, 0.2) is 78.9 Å². The predicted octanol–water partition coefficient (Wildman–Crippen LogP) is 4.95. The van der Waals surface area contributed by atoms with E-state index in [-0.39, 0.29) is 5.91 Å². The Balaban J connectivity index is 1.39. The molecule has 0 aliphatic heterocycles. The van der Waals surface area contributed by atoms with Crippen molar-refractivity contribution in [3.63, 3.8) is 0 Å². The standard InChI is InChI=1S/C26H27N3O/c1-20-13-15-22(16-14-20)26(30)27-18-7-12-25-28-23-10-5-6-11-24(23)29(25)19-17-21-8-3-2-4-9-21/h2-6,8-11,13-16H,7,12,17-19H2,1H3,(H,27,30). The lowest BCUT2D eigenvalue weighted by Crippen LogP contribution is -2.25. The van der Waals surface area contributed by atoms with Gasteiger partial charge in [-0.25, -0.2) is 4.98 Å². The van der Waals surface area contributed by atoms with E-state index in [9.17, 15) is 4.79 Å². The third kappa shape index (κ3) is 4.77. The number of aromatic nitrogens is 2. The molecule has 0 saturated carbocycles. The van der Waals surface area contributed by atoms with Crippen LogP contribution in [0.3, 0.4) is 0 Å². The van der Waals surface area contributed by atoms with Crippen LogP contribution in [0, 0.1) is 6.92 Å². The molecular weight excluding hydrogens is 370 g/mol. The molecule has 0 fully saturated rings. The SMILES string of the molecule is Cc1ccc(C(=O)NCCCc2nc3ccccc3n2CCc2ccccc2)cc1. The zero-order chi connectivity index (χ0) is 20.8. The molecule has 0 atom stereocenters. The van der Waals surface area contributed by atoms with Crippen molar-refractivity contribution in [3.8, 4) is 0 Å². The number of hydrogen-bond donors (Lipinski definition) is 1. The summed E-state index contributed by atoms with van der Waals surface area (Å²) in [5.74, 6) is 1.06. The van der Waals surface area contributed by atoms with E-state index in [1.54, 1.807) is 0 Å². The molecule has 0 aliphatic rings. The first-order valence-corrected chi connectivity index (χ1v) is 10.5. The summed E-state index contributed by atoms with van der Waals surface area (Å²) in [6, 6.07) is 26.5. The number of nitrogens with one attached hydrogen (secondary N) is 1. The highest BCUT2D eigenvalue weighted by atomic mass is 16.1. The molecular formula is C26H27N3O. The summed E-state index contributed by atoms with van der Waals surface area (Å²) in [5, 5.41) is 3.02. The molecule has 4 rings (SSSR count). The van der Waals surface area contributed by atoms with E-state index in [4.69, 9.17) is 4.98 Å². The Morgan fingerprint density at radius 1 is 0.900 bits per heavy atom. The number of para-hydroxylation sites is 2. The average Bonchev–Trinajstić information content (AvgIpc) is 3.13. The summed E-state index contributed by atoms with van der Waals surface area (Å²) in [6.45, 7) is 3.55. The second kappa shape index (κ2) is 9.40. The van der Waals surface area contributed by atoms with Crippen molar-refractivity contribution in [2.45, 2.75) is 32.7 Å². The Hall–Kier alpha value is -3.40. The molecule has 0 spiro atoms. The number of hydrogen-bond acceptors (Lipinski definition) is 2. The molecule has 152 valence electrons. The van der Waals surface area contributed by atoms with Crippen molar-refractivity contribution in [2.24, 2.45) is 0 Å². The Bertz CT molecular complexity index is 1110. The smallest absolute Gasteiger partial charge is 0.251 e. The lowest BCUT2D eigenvalue weighted by molar-refractivity contribution is 0.0953. The first kappa shape index (κ1) is 19.9.